The van der Waals surface area contributed by atoms with Crippen molar-refractivity contribution in [2.75, 3.05) is 0 Å². The van der Waals surface area contributed by atoms with E-state index in [0.29, 0.717) is 46.5 Å². The van der Waals surface area contributed by atoms with Gasteiger partial charge < -0.3 is 55.1 Å². The van der Waals surface area contributed by atoms with Gasteiger partial charge in [-0.1, -0.05) is 121 Å². The molecule has 0 N–H and O–H groups in total. The van der Waals surface area contributed by atoms with Crippen LogP contribution in [0.3, 0.4) is 0 Å². The van der Waals surface area contributed by atoms with Gasteiger partial charge in [-0.15, -0.1) is 0 Å². The van der Waals surface area contributed by atoms with Crippen molar-refractivity contribution < 1.29 is 55.1 Å². The number of hydrogen-bond acceptors (Lipinski definition) is 8. The van der Waals surface area contributed by atoms with Gasteiger partial charge in [0.2, 0.25) is 0 Å². The smallest absolute Gasteiger partial charge is 0.612 e. The Kier molecular flexibility index (Phi) is 6.55. The molecule has 4 aromatic carbocycles. The highest BCUT2D eigenvalue weighted by Gasteiger charge is 2.67. The Bertz CT molecular complexity index is 2640. The first-order valence-corrected chi connectivity index (χ1v) is 20.1. The van der Waals surface area contributed by atoms with E-state index >= 15 is 0 Å². The Morgan fingerprint density at radius 3 is 0.667 bits per heavy atom. The molecule has 5 aliphatic heterocycles. The molecule has 0 aliphatic carbocycles. The van der Waals surface area contributed by atoms with Crippen molar-refractivity contribution in [1.82, 2.24) is 0 Å². The van der Waals surface area contributed by atoms with Crippen LogP contribution in [-0.4, -0.2) is 26.7 Å². The highest BCUT2D eigenvalue weighted by Crippen LogP contribution is 2.43. The van der Waals surface area contributed by atoms with Crippen molar-refractivity contribution in [2.24, 2.45) is 0 Å². The van der Waals surface area contributed by atoms with Crippen LogP contribution in [0.5, 0.6) is 46.5 Å². The second-order valence-electron chi connectivity index (χ2n) is 15.6. The summed E-state index contributed by atoms with van der Waals surface area (Å²) in [6.45, 7) is -10.5. The van der Waals surface area contributed by atoms with Crippen LogP contribution in [0.25, 0.3) is 0 Å². The molecular formula is C44H32B4N4O8. The molecule has 0 fully saturated rings. The van der Waals surface area contributed by atoms with Crippen molar-refractivity contribution in [1.29, 1.82) is 0 Å². The largest absolute Gasteiger partial charge is 0.691 e. The van der Waals surface area contributed by atoms with Gasteiger partial charge in [-0.3, -0.25) is 0 Å². The third-order valence-corrected chi connectivity index (χ3v) is 12.3. The molecule has 0 saturated heterocycles. The Balaban J connectivity index is 1.15. The summed E-state index contributed by atoms with van der Waals surface area (Å²) in [6, 6.07) is 54.6. The van der Waals surface area contributed by atoms with Crippen molar-refractivity contribution in [3.8, 4) is 46.5 Å². The lowest BCUT2D eigenvalue weighted by Crippen LogP contribution is -2.83. The fourth-order valence-corrected chi connectivity index (χ4v) is 9.68. The van der Waals surface area contributed by atoms with Crippen LogP contribution in [0.2, 0.25) is 0 Å². The summed E-state index contributed by atoms with van der Waals surface area (Å²) < 4.78 is 65.9. The van der Waals surface area contributed by atoms with Gasteiger partial charge >= 0.3 is 50.3 Å². The van der Waals surface area contributed by atoms with Gasteiger partial charge in [0.25, 0.3) is 0 Å². The van der Waals surface area contributed by atoms with Crippen LogP contribution >= 0.6 is 0 Å². The Morgan fingerprint density at radius 1 is 0.233 bits per heavy atom. The molecule has 8 bridgehead atoms. The van der Waals surface area contributed by atoms with Crippen LogP contribution in [0, 0.1) is 0 Å². The minimum absolute atomic E-state index is 0.389. The Morgan fingerprint density at radius 2 is 0.450 bits per heavy atom. The van der Waals surface area contributed by atoms with Crippen molar-refractivity contribution in [2.45, 2.75) is 0 Å². The fourth-order valence-electron chi connectivity index (χ4n) is 9.68. The molecule has 4 unspecified atom stereocenters. The maximum Gasteiger partial charge on any atom is 0.691 e. The molecule has 5 aliphatic rings. The van der Waals surface area contributed by atoms with E-state index in [4.69, 9.17) is 37.2 Å². The van der Waals surface area contributed by atoms with Crippen LogP contribution in [-0.2, 0) is 0 Å². The second-order valence-corrected chi connectivity index (χ2v) is 15.6. The zero-order chi connectivity index (χ0) is 39.5. The van der Waals surface area contributed by atoms with E-state index in [9.17, 15) is 0 Å². The molecule has 0 spiro atoms. The first-order chi connectivity index (χ1) is 29.6. The standard InChI is InChI=1S/C44H32B4N4O8/c1-5-17-33(18-6-1)45-49-29-13-26-38-41(49)58-47(54-38,35-21-9-3-10-22-35)51-31-15-28-40-43(51)60-48(56-40,36-23-11-4-12-24-36)52-32-16-27-39-44(52)59-46(55-39,34-19-7-2-8-20-34)50-30-14-25-37(53-45)42(50)57-45/h1-32H. The van der Waals surface area contributed by atoms with Crippen LogP contribution in [0.4, 0.5) is 0 Å². The van der Waals surface area contributed by atoms with Gasteiger partial charge in [0.15, 0.2) is 23.0 Å². The van der Waals surface area contributed by atoms with Gasteiger partial charge in [0.1, 0.15) is 24.8 Å². The quantitative estimate of drug-likeness (QED) is 0.250. The maximum atomic E-state index is 7.38. The summed E-state index contributed by atoms with van der Waals surface area (Å²) in [5, 5.41) is 0. The zero-order valence-electron chi connectivity index (χ0n) is 31.8. The molecular weight excluding hydrogens is 756 g/mol. The van der Waals surface area contributed by atoms with Crippen LogP contribution in [0.1, 0.15) is 0 Å². The fraction of sp³-hybridized carbons (Fsp3) is 0. The molecule has 8 aromatic rings. The minimum Gasteiger partial charge on any atom is -0.612 e. The summed E-state index contributed by atoms with van der Waals surface area (Å²) >= 11 is 0. The Hall–Kier alpha value is -7.86. The van der Waals surface area contributed by atoms with Crippen molar-refractivity contribution in [3.63, 3.8) is 0 Å². The lowest BCUT2D eigenvalue weighted by Gasteiger charge is -2.33. The molecule has 0 radical (unpaired) electrons. The molecule has 12 nitrogen and oxygen atoms in total. The summed E-state index contributed by atoms with van der Waals surface area (Å²) in [5.74, 6) is 3.46. The first-order valence-electron chi connectivity index (χ1n) is 20.1. The number of nitrogens with zero attached hydrogens (tertiary/aromatic N) is 4. The van der Waals surface area contributed by atoms with E-state index in [-0.39, 0.29) is 0 Å². The van der Waals surface area contributed by atoms with E-state index in [1.165, 1.54) is 0 Å². The predicted molar refractivity (Wildman–Crippen MR) is 220 cm³/mol. The minimum atomic E-state index is -2.63. The molecule has 9 heterocycles. The molecule has 0 amide bonds. The number of pyridine rings is 4. The first kappa shape index (κ1) is 33.1. The lowest BCUT2D eigenvalue weighted by molar-refractivity contribution is -0.601. The normalized spacial score (nSPS) is 24.0. The number of rotatable bonds is 4. The monoisotopic (exact) mass is 788 g/mol. The summed E-state index contributed by atoms with van der Waals surface area (Å²) in [4.78, 5) is 0. The Labute approximate surface area is 343 Å². The number of benzene rings is 4. The predicted octanol–water partition coefficient (Wildman–Crippen LogP) is 1.81. The summed E-state index contributed by atoms with van der Waals surface area (Å²) in [7, 11) is 0. The van der Waals surface area contributed by atoms with Crippen molar-refractivity contribution in [3.05, 3.63) is 195 Å². The van der Waals surface area contributed by atoms with Gasteiger partial charge in [0, 0.05) is 24.3 Å². The van der Waals surface area contributed by atoms with E-state index in [0.717, 1.165) is 21.9 Å². The lowest BCUT2D eigenvalue weighted by atomic mass is 9.62. The van der Waals surface area contributed by atoms with E-state index in [1.54, 1.807) is 0 Å². The van der Waals surface area contributed by atoms with E-state index in [1.807, 2.05) is 213 Å². The molecule has 4 atom stereocenters. The van der Waals surface area contributed by atoms with Crippen molar-refractivity contribution >= 4 is 48.6 Å². The van der Waals surface area contributed by atoms with Crippen LogP contribution in [0.15, 0.2) is 195 Å². The molecule has 0 saturated carbocycles. The van der Waals surface area contributed by atoms with Gasteiger partial charge in [-0.2, -0.15) is 0 Å². The van der Waals surface area contributed by atoms with Gasteiger partial charge in [-0.05, 0) is 46.1 Å². The second kappa shape index (κ2) is 11.9. The molecule has 60 heavy (non-hydrogen) atoms. The topological polar surface area (TPSA) is 89.4 Å². The number of hydrogen-bond donors (Lipinski definition) is 0. The van der Waals surface area contributed by atoms with Crippen LogP contribution < -0.4 is 77.0 Å². The molecule has 16 heteroatoms. The average molecular weight is 788 g/mol. The third-order valence-electron chi connectivity index (χ3n) is 12.3. The molecule has 13 rings (SSSR count). The van der Waals surface area contributed by atoms with E-state index in [2.05, 4.69) is 0 Å². The highest BCUT2D eigenvalue weighted by molar-refractivity contribution is 6.78. The molecule has 288 valence electrons. The summed E-state index contributed by atoms with van der Waals surface area (Å²) in [5.41, 5.74) is 3.02. The van der Waals surface area contributed by atoms with E-state index < -0.39 is 26.7 Å². The average Bonchev–Trinajstić information content (AvgIpc) is 4.11. The highest BCUT2D eigenvalue weighted by atomic mass is 16.7. The van der Waals surface area contributed by atoms with Gasteiger partial charge in [-0.25, -0.2) is 0 Å². The number of fused-ring (bicyclic) bond motifs is 8. The maximum absolute atomic E-state index is 7.38. The van der Waals surface area contributed by atoms with Gasteiger partial charge in [0.05, 0.1) is 0 Å². The zero-order valence-corrected chi connectivity index (χ0v) is 31.8. The number of aromatic nitrogens is 4. The third kappa shape index (κ3) is 4.28. The molecule has 4 aromatic heterocycles. The summed E-state index contributed by atoms with van der Waals surface area (Å²) in [6.07, 6.45) is 7.59. The SMILES string of the molecule is c1ccc([B-]23Oc4ccc[n+](c4O2)[B-]2(c4ccccc4)Oc4ccc[n+](c4O2)[B-]2(c4ccccc4)Oc4ccc[n+](c4O2)[B-]2(c4ccccc4)Oc4ccc[n+]3c4O2)cc1.